The molecule has 104 valence electrons. The van der Waals surface area contributed by atoms with Crippen LogP contribution in [0.15, 0.2) is 22.7 Å². The van der Waals surface area contributed by atoms with Crippen molar-refractivity contribution in [3.8, 4) is 17.1 Å². The normalized spacial score (nSPS) is 13.2. The van der Waals surface area contributed by atoms with Crippen LogP contribution in [0.3, 0.4) is 0 Å². The maximum atomic E-state index is 5.58. The number of rotatable bonds is 3. The third-order valence-corrected chi connectivity index (χ3v) is 4.10. The average Bonchev–Trinajstić information content (AvgIpc) is 2.94. The molecule has 1 aliphatic carbocycles. The molecule has 1 aromatic carbocycles. The van der Waals surface area contributed by atoms with E-state index >= 15 is 0 Å². The number of nitrogens with two attached hydrogens (primary N) is 1. The first-order chi connectivity index (χ1) is 9.72. The molecule has 0 unspecified atom stereocenters. The summed E-state index contributed by atoms with van der Waals surface area (Å²) in [5.41, 5.74) is 5.86. The van der Waals surface area contributed by atoms with Crippen LogP contribution in [0.2, 0.25) is 0 Å². The molecule has 0 bridgehead atoms. The van der Waals surface area contributed by atoms with Gasteiger partial charge in [-0.15, -0.1) is 0 Å². The maximum absolute atomic E-state index is 5.58. The Morgan fingerprint density at radius 2 is 2.15 bits per heavy atom. The largest absolute Gasteiger partial charge is 0.496 e. The molecule has 0 spiro atoms. The van der Waals surface area contributed by atoms with Crippen molar-refractivity contribution in [2.24, 2.45) is 5.84 Å². The minimum absolute atomic E-state index is 0.682. The number of nitrogens with zero attached hydrogens (tertiary/aromatic N) is 2. The van der Waals surface area contributed by atoms with Crippen molar-refractivity contribution in [2.45, 2.75) is 19.3 Å². The fourth-order valence-electron chi connectivity index (χ4n) is 2.49. The highest BCUT2D eigenvalue weighted by molar-refractivity contribution is 9.10. The van der Waals surface area contributed by atoms with Crippen LogP contribution in [0.5, 0.6) is 5.75 Å². The molecule has 20 heavy (non-hydrogen) atoms. The molecule has 1 aromatic heterocycles. The molecular formula is C14H15BrN4O. The summed E-state index contributed by atoms with van der Waals surface area (Å²) in [5.74, 6) is 7.77. The molecule has 0 radical (unpaired) electrons. The van der Waals surface area contributed by atoms with Crippen molar-refractivity contribution in [1.82, 2.24) is 9.97 Å². The minimum Gasteiger partial charge on any atom is -0.496 e. The number of ether oxygens (including phenoxy) is 1. The van der Waals surface area contributed by atoms with Crippen LogP contribution in [0.4, 0.5) is 5.82 Å². The summed E-state index contributed by atoms with van der Waals surface area (Å²) in [6.45, 7) is 0. The van der Waals surface area contributed by atoms with Gasteiger partial charge in [0.05, 0.1) is 11.6 Å². The van der Waals surface area contributed by atoms with Gasteiger partial charge in [-0.3, -0.25) is 0 Å². The topological polar surface area (TPSA) is 73.1 Å². The molecule has 0 saturated heterocycles. The van der Waals surface area contributed by atoms with Gasteiger partial charge in [0.25, 0.3) is 0 Å². The van der Waals surface area contributed by atoms with Crippen LogP contribution >= 0.6 is 15.9 Å². The van der Waals surface area contributed by atoms with E-state index in [9.17, 15) is 0 Å². The lowest BCUT2D eigenvalue weighted by molar-refractivity contribution is 0.412. The van der Waals surface area contributed by atoms with Crippen molar-refractivity contribution < 1.29 is 4.74 Å². The summed E-state index contributed by atoms with van der Waals surface area (Å²) in [4.78, 5) is 9.18. The van der Waals surface area contributed by atoms with Gasteiger partial charge < -0.3 is 10.2 Å². The first-order valence-corrected chi connectivity index (χ1v) is 7.22. The van der Waals surface area contributed by atoms with Crippen LogP contribution < -0.4 is 16.0 Å². The fraction of sp³-hybridized carbons (Fsp3) is 0.286. The Kier molecular flexibility index (Phi) is 3.58. The van der Waals surface area contributed by atoms with Crippen LogP contribution in [0, 0.1) is 0 Å². The number of hydrazine groups is 1. The van der Waals surface area contributed by atoms with E-state index in [1.807, 2.05) is 18.2 Å². The highest BCUT2D eigenvalue weighted by atomic mass is 79.9. The number of benzene rings is 1. The Bertz CT molecular complexity index is 660. The van der Waals surface area contributed by atoms with E-state index < -0.39 is 0 Å². The van der Waals surface area contributed by atoms with Crippen LogP contribution in [-0.2, 0) is 12.8 Å². The van der Waals surface area contributed by atoms with E-state index in [4.69, 9.17) is 10.6 Å². The lowest BCUT2D eigenvalue weighted by Gasteiger charge is -2.10. The molecule has 0 fully saturated rings. The Balaban J connectivity index is 2.08. The molecule has 0 atom stereocenters. The number of halogens is 1. The van der Waals surface area contributed by atoms with Crippen molar-refractivity contribution in [2.75, 3.05) is 12.5 Å². The molecule has 2 aromatic rings. The number of hydrogen-bond acceptors (Lipinski definition) is 5. The number of fused-ring (bicyclic) bond motifs is 1. The van der Waals surface area contributed by atoms with Gasteiger partial charge in [0.2, 0.25) is 0 Å². The fourth-order valence-corrected chi connectivity index (χ4v) is 3.03. The second-order valence-electron chi connectivity index (χ2n) is 4.67. The summed E-state index contributed by atoms with van der Waals surface area (Å²) in [7, 11) is 1.64. The lowest BCUT2D eigenvalue weighted by atomic mass is 10.2. The third-order valence-electron chi connectivity index (χ3n) is 3.48. The Morgan fingerprint density at radius 1 is 1.30 bits per heavy atom. The molecule has 0 amide bonds. The van der Waals surface area contributed by atoms with E-state index in [1.54, 1.807) is 7.11 Å². The monoisotopic (exact) mass is 334 g/mol. The lowest BCUT2D eigenvalue weighted by Crippen LogP contribution is -2.12. The van der Waals surface area contributed by atoms with Crippen molar-refractivity contribution in [3.05, 3.63) is 33.9 Å². The van der Waals surface area contributed by atoms with Gasteiger partial charge >= 0.3 is 0 Å². The van der Waals surface area contributed by atoms with Gasteiger partial charge in [0, 0.05) is 16.8 Å². The van der Waals surface area contributed by atoms with Gasteiger partial charge in [-0.25, -0.2) is 15.8 Å². The third kappa shape index (κ3) is 2.25. The number of methoxy groups -OCH3 is 1. The zero-order valence-electron chi connectivity index (χ0n) is 11.1. The van der Waals surface area contributed by atoms with Gasteiger partial charge in [-0.05, 0) is 53.4 Å². The van der Waals surface area contributed by atoms with E-state index in [1.165, 1.54) is 0 Å². The van der Waals surface area contributed by atoms with Crippen molar-refractivity contribution >= 4 is 21.7 Å². The zero-order valence-corrected chi connectivity index (χ0v) is 12.7. The number of anilines is 1. The molecule has 3 N–H and O–H groups in total. The first kappa shape index (κ1) is 13.3. The van der Waals surface area contributed by atoms with Crippen molar-refractivity contribution in [1.29, 1.82) is 0 Å². The molecule has 3 rings (SSSR count). The van der Waals surface area contributed by atoms with Gasteiger partial charge in [0.1, 0.15) is 11.6 Å². The van der Waals surface area contributed by atoms with Crippen LogP contribution in [0.1, 0.15) is 17.7 Å². The second kappa shape index (κ2) is 5.38. The molecule has 0 aliphatic heterocycles. The van der Waals surface area contributed by atoms with Crippen molar-refractivity contribution in [3.63, 3.8) is 0 Å². The molecule has 1 heterocycles. The Labute approximate surface area is 125 Å². The summed E-state index contributed by atoms with van der Waals surface area (Å²) in [6, 6.07) is 5.79. The quantitative estimate of drug-likeness (QED) is 0.666. The summed E-state index contributed by atoms with van der Waals surface area (Å²) in [6.07, 6.45) is 3.08. The van der Waals surface area contributed by atoms with E-state index in [2.05, 4.69) is 31.3 Å². The first-order valence-electron chi connectivity index (χ1n) is 6.43. The molecule has 5 nitrogen and oxygen atoms in total. The second-order valence-corrected chi connectivity index (χ2v) is 5.52. The van der Waals surface area contributed by atoms with E-state index in [0.29, 0.717) is 5.82 Å². The molecule has 0 saturated carbocycles. The molecule has 6 heteroatoms. The predicted molar refractivity (Wildman–Crippen MR) is 81.6 cm³/mol. The molecule has 1 aliphatic rings. The summed E-state index contributed by atoms with van der Waals surface area (Å²) < 4.78 is 6.11. The summed E-state index contributed by atoms with van der Waals surface area (Å²) in [5, 5.41) is 0. The number of nitrogen functional groups attached to an aromatic ring is 1. The number of aromatic nitrogens is 2. The smallest absolute Gasteiger partial charge is 0.161 e. The number of hydrogen-bond donors (Lipinski definition) is 2. The Morgan fingerprint density at radius 3 is 2.85 bits per heavy atom. The number of nitrogens with one attached hydrogen (secondary N) is 1. The maximum Gasteiger partial charge on any atom is 0.161 e. The van der Waals surface area contributed by atoms with Gasteiger partial charge in [0.15, 0.2) is 5.82 Å². The summed E-state index contributed by atoms with van der Waals surface area (Å²) >= 11 is 3.48. The highest BCUT2D eigenvalue weighted by Crippen LogP contribution is 2.32. The SMILES string of the molecule is COc1ccc(-c2nc3c(c(NN)n2)CCC3)cc1Br. The predicted octanol–water partition coefficient (Wildman–Crippen LogP) is 2.69. The van der Waals surface area contributed by atoms with Gasteiger partial charge in [-0.2, -0.15) is 0 Å². The van der Waals surface area contributed by atoms with Crippen LogP contribution in [-0.4, -0.2) is 17.1 Å². The van der Waals surface area contributed by atoms with E-state index in [-0.39, 0.29) is 0 Å². The minimum atomic E-state index is 0.682. The average molecular weight is 335 g/mol. The Hall–Kier alpha value is -1.66. The standard InChI is InChI=1S/C14H15BrN4O/c1-20-12-6-5-8(7-10(12)15)13-17-11-4-2-3-9(11)14(18-13)19-16/h5-7H,2-4,16H2,1H3,(H,17,18,19). The number of aryl methyl sites for hydroxylation is 1. The van der Waals surface area contributed by atoms with Gasteiger partial charge in [-0.1, -0.05) is 0 Å². The highest BCUT2D eigenvalue weighted by Gasteiger charge is 2.19. The molecular weight excluding hydrogens is 320 g/mol. The van der Waals surface area contributed by atoms with Crippen LogP contribution in [0.25, 0.3) is 11.4 Å². The van der Waals surface area contributed by atoms with E-state index in [0.717, 1.165) is 52.1 Å². The zero-order chi connectivity index (χ0) is 14.1.